The number of ether oxygens (including phenoxy) is 1. The Morgan fingerprint density at radius 3 is 2.57 bits per heavy atom. The number of sulfonamides is 1. The van der Waals surface area contributed by atoms with E-state index in [1.54, 1.807) is 42.5 Å². The van der Waals surface area contributed by atoms with Crippen molar-refractivity contribution in [1.82, 2.24) is 10.1 Å². The predicted octanol–water partition coefficient (Wildman–Crippen LogP) is 3.74. The van der Waals surface area contributed by atoms with E-state index < -0.39 is 10.0 Å². The lowest BCUT2D eigenvalue weighted by Crippen LogP contribution is -2.22. The normalized spacial score (nSPS) is 11.3. The second-order valence-corrected chi connectivity index (χ2v) is 8.25. The summed E-state index contributed by atoms with van der Waals surface area (Å²) in [5.41, 5.74) is 1.16. The molecule has 2 aromatic heterocycles. The summed E-state index contributed by atoms with van der Waals surface area (Å²) in [4.78, 5) is 4.30. The minimum Gasteiger partial charge on any atom is -0.492 e. The van der Waals surface area contributed by atoms with E-state index in [-0.39, 0.29) is 18.8 Å². The summed E-state index contributed by atoms with van der Waals surface area (Å²) in [6.45, 7) is 0.0394. The zero-order valence-electron chi connectivity index (χ0n) is 15.9. The number of nitrogens with one attached hydrogen (secondary N) is 1. The largest absolute Gasteiger partial charge is 0.492 e. The van der Waals surface area contributed by atoms with E-state index in [9.17, 15) is 8.42 Å². The molecular weight excluding hydrogens is 406 g/mol. The van der Waals surface area contributed by atoms with Gasteiger partial charge in [0.05, 0.1) is 18.4 Å². The van der Waals surface area contributed by atoms with Crippen LogP contribution in [0.4, 0.5) is 5.69 Å². The highest BCUT2D eigenvalue weighted by atomic mass is 32.2. The maximum atomic E-state index is 12.5. The Labute approximate surface area is 173 Å². The predicted molar refractivity (Wildman–Crippen MR) is 111 cm³/mol. The SMILES string of the molecule is O=S(=O)(CCOc1ccccc1)Nc1ccccc1Cc1nc(-c2ccco2)no1. The Bertz CT molecular complexity index is 1190. The van der Waals surface area contributed by atoms with Crippen LogP contribution >= 0.6 is 0 Å². The van der Waals surface area contributed by atoms with Gasteiger partial charge in [-0.1, -0.05) is 41.6 Å². The second kappa shape index (κ2) is 8.83. The van der Waals surface area contributed by atoms with Crippen molar-refractivity contribution in [3.05, 3.63) is 84.4 Å². The van der Waals surface area contributed by atoms with Gasteiger partial charge in [0.25, 0.3) is 0 Å². The van der Waals surface area contributed by atoms with Crippen LogP contribution in [0.5, 0.6) is 5.75 Å². The van der Waals surface area contributed by atoms with E-state index in [4.69, 9.17) is 13.7 Å². The lowest BCUT2D eigenvalue weighted by molar-refractivity contribution is 0.341. The van der Waals surface area contributed by atoms with Crippen molar-refractivity contribution in [1.29, 1.82) is 0 Å². The van der Waals surface area contributed by atoms with Crippen LogP contribution in [0.15, 0.2) is 81.9 Å². The molecule has 0 saturated heterocycles. The first kappa shape index (κ1) is 19.7. The zero-order chi connectivity index (χ0) is 20.8. The molecule has 0 spiro atoms. The van der Waals surface area contributed by atoms with Crippen LogP contribution in [0.25, 0.3) is 11.6 Å². The number of anilines is 1. The summed E-state index contributed by atoms with van der Waals surface area (Å²) in [6.07, 6.45) is 1.80. The summed E-state index contributed by atoms with van der Waals surface area (Å²) in [6, 6.07) is 19.6. The summed E-state index contributed by atoms with van der Waals surface area (Å²) in [7, 11) is -3.61. The Kier molecular flexibility index (Phi) is 5.80. The van der Waals surface area contributed by atoms with Gasteiger partial charge in [0.2, 0.25) is 21.7 Å². The maximum absolute atomic E-state index is 12.5. The van der Waals surface area contributed by atoms with Crippen LogP contribution in [0.1, 0.15) is 11.5 Å². The van der Waals surface area contributed by atoms with Gasteiger partial charge >= 0.3 is 0 Å². The van der Waals surface area contributed by atoms with Gasteiger partial charge in [-0.25, -0.2) is 8.42 Å². The molecule has 30 heavy (non-hydrogen) atoms. The number of aromatic nitrogens is 2. The minimum atomic E-state index is -3.61. The zero-order valence-corrected chi connectivity index (χ0v) is 16.7. The van der Waals surface area contributed by atoms with Gasteiger partial charge in [-0.15, -0.1) is 0 Å². The molecule has 2 heterocycles. The fraction of sp³-hybridized carbons (Fsp3) is 0.143. The fourth-order valence-electron chi connectivity index (χ4n) is 2.77. The molecule has 8 nitrogen and oxygen atoms in total. The van der Waals surface area contributed by atoms with Crippen LogP contribution in [0.2, 0.25) is 0 Å². The first-order chi connectivity index (χ1) is 14.6. The van der Waals surface area contributed by atoms with Gasteiger partial charge in [-0.3, -0.25) is 4.72 Å². The number of benzene rings is 2. The molecule has 4 rings (SSSR count). The van der Waals surface area contributed by atoms with E-state index in [2.05, 4.69) is 14.9 Å². The van der Waals surface area contributed by atoms with Crippen molar-refractivity contribution in [3.63, 3.8) is 0 Å². The quantitative estimate of drug-likeness (QED) is 0.435. The third-order valence-electron chi connectivity index (χ3n) is 4.20. The van der Waals surface area contributed by atoms with Gasteiger partial charge in [-0.05, 0) is 35.9 Å². The van der Waals surface area contributed by atoms with E-state index in [0.717, 1.165) is 0 Å². The van der Waals surface area contributed by atoms with Crippen molar-refractivity contribution in [3.8, 4) is 17.3 Å². The molecule has 0 aliphatic carbocycles. The van der Waals surface area contributed by atoms with Crippen molar-refractivity contribution in [2.24, 2.45) is 0 Å². The van der Waals surface area contributed by atoms with Crippen LogP contribution in [-0.2, 0) is 16.4 Å². The smallest absolute Gasteiger partial charge is 0.238 e. The maximum Gasteiger partial charge on any atom is 0.238 e. The van der Waals surface area contributed by atoms with E-state index in [0.29, 0.717) is 34.5 Å². The molecule has 0 saturated carbocycles. The number of hydrogen-bond acceptors (Lipinski definition) is 7. The molecule has 0 aliphatic rings. The Morgan fingerprint density at radius 2 is 1.77 bits per heavy atom. The monoisotopic (exact) mass is 425 g/mol. The molecule has 0 unspecified atom stereocenters. The summed E-state index contributed by atoms with van der Waals surface area (Å²) in [5.74, 6) is 1.63. The van der Waals surface area contributed by atoms with Crippen molar-refractivity contribution in [2.75, 3.05) is 17.1 Å². The Hall–Kier alpha value is -3.59. The van der Waals surface area contributed by atoms with Gasteiger partial charge in [0.15, 0.2) is 5.76 Å². The number of furan rings is 1. The third kappa shape index (κ3) is 5.06. The Morgan fingerprint density at radius 1 is 0.967 bits per heavy atom. The summed E-state index contributed by atoms with van der Waals surface area (Å²) < 4.78 is 43.6. The second-order valence-electron chi connectivity index (χ2n) is 6.41. The molecule has 0 aliphatic heterocycles. The van der Waals surface area contributed by atoms with Crippen molar-refractivity contribution < 1.29 is 22.1 Å². The molecule has 0 radical (unpaired) electrons. The third-order valence-corrected chi connectivity index (χ3v) is 5.43. The van der Waals surface area contributed by atoms with Crippen molar-refractivity contribution in [2.45, 2.75) is 6.42 Å². The molecule has 2 aromatic carbocycles. The van der Waals surface area contributed by atoms with Crippen LogP contribution in [0.3, 0.4) is 0 Å². The molecule has 0 fully saturated rings. The van der Waals surface area contributed by atoms with Gasteiger partial charge in [-0.2, -0.15) is 4.98 Å². The highest BCUT2D eigenvalue weighted by Crippen LogP contribution is 2.22. The van der Waals surface area contributed by atoms with Crippen LogP contribution in [-0.4, -0.2) is 30.9 Å². The average Bonchev–Trinajstić information content (AvgIpc) is 3.42. The first-order valence-corrected chi connectivity index (χ1v) is 10.9. The first-order valence-electron chi connectivity index (χ1n) is 9.22. The molecule has 4 aromatic rings. The van der Waals surface area contributed by atoms with Gasteiger partial charge < -0.3 is 13.7 Å². The lowest BCUT2D eigenvalue weighted by atomic mass is 10.1. The fourth-order valence-corrected chi connectivity index (χ4v) is 3.71. The molecule has 0 bridgehead atoms. The van der Waals surface area contributed by atoms with E-state index in [1.165, 1.54) is 6.26 Å². The average molecular weight is 425 g/mol. The van der Waals surface area contributed by atoms with Gasteiger partial charge in [0.1, 0.15) is 18.1 Å². The molecule has 154 valence electrons. The number of para-hydroxylation sites is 2. The molecule has 9 heteroatoms. The molecule has 1 N–H and O–H groups in total. The molecular formula is C21H19N3O5S. The molecule has 0 amide bonds. The number of nitrogens with zero attached hydrogens (tertiary/aromatic N) is 2. The van der Waals surface area contributed by atoms with E-state index in [1.807, 2.05) is 24.3 Å². The highest BCUT2D eigenvalue weighted by Gasteiger charge is 2.16. The van der Waals surface area contributed by atoms with Crippen molar-refractivity contribution >= 4 is 15.7 Å². The molecule has 0 atom stereocenters. The lowest BCUT2D eigenvalue weighted by Gasteiger charge is -2.12. The summed E-state index contributed by atoms with van der Waals surface area (Å²) in [5, 5.41) is 3.89. The number of hydrogen-bond donors (Lipinski definition) is 1. The van der Waals surface area contributed by atoms with Crippen LogP contribution in [0, 0.1) is 0 Å². The highest BCUT2D eigenvalue weighted by molar-refractivity contribution is 7.92. The number of rotatable bonds is 9. The standard InChI is InChI=1S/C21H19N3O5S/c25-30(26,14-13-27-17-8-2-1-3-9-17)24-18-10-5-4-7-16(18)15-20-22-21(23-29-20)19-11-6-12-28-19/h1-12,24H,13-15H2. The van der Waals surface area contributed by atoms with Crippen LogP contribution < -0.4 is 9.46 Å². The van der Waals surface area contributed by atoms with Gasteiger partial charge in [0, 0.05) is 0 Å². The van der Waals surface area contributed by atoms with E-state index >= 15 is 0 Å². The topological polar surface area (TPSA) is 107 Å². The minimum absolute atomic E-state index is 0.0394. The Balaban J connectivity index is 1.41. The summed E-state index contributed by atoms with van der Waals surface area (Å²) >= 11 is 0.